The Morgan fingerprint density at radius 3 is 2.47 bits per heavy atom. The van der Waals surface area contributed by atoms with Gasteiger partial charge in [0, 0.05) is 17.8 Å². The third-order valence-corrected chi connectivity index (χ3v) is 4.22. The van der Waals surface area contributed by atoms with Crippen molar-refractivity contribution in [2.45, 2.75) is 6.92 Å². The summed E-state index contributed by atoms with van der Waals surface area (Å²) in [6.45, 7) is 1.83. The molecule has 0 radical (unpaired) electrons. The third-order valence-electron chi connectivity index (χ3n) is 4.22. The van der Waals surface area contributed by atoms with E-state index in [0.717, 1.165) is 5.56 Å². The maximum Gasteiger partial charge on any atom is 0.276 e. The highest BCUT2D eigenvalue weighted by Gasteiger charge is 2.10. The van der Waals surface area contributed by atoms with Crippen molar-refractivity contribution in [1.82, 2.24) is 0 Å². The molecule has 0 bridgehead atoms. The van der Waals surface area contributed by atoms with Crippen molar-refractivity contribution in [3.8, 4) is 17.6 Å². The van der Waals surface area contributed by atoms with Gasteiger partial charge in [-0.05, 0) is 67.1 Å². The van der Waals surface area contributed by atoms with Crippen LogP contribution in [0.5, 0.6) is 11.5 Å². The average Bonchev–Trinajstić information content (AvgIpc) is 2.75. The minimum atomic E-state index is -0.492. The molecule has 0 saturated carbocycles. The quantitative estimate of drug-likeness (QED) is 0.348. The van der Waals surface area contributed by atoms with E-state index in [9.17, 15) is 14.9 Å². The zero-order valence-corrected chi connectivity index (χ0v) is 16.0. The van der Waals surface area contributed by atoms with Crippen LogP contribution in [0.1, 0.15) is 16.7 Å². The van der Waals surface area contributed by atoms with Crippen molar-refractivity contribution in [2.24, 2.45) is 0 Å². The Labute approximate surface area is 173 Å². The number of nitrogens with one attached hydrogen (secondary N) is 1. The van der Waals surface area contributed by atoms with Crippen LogP contribution in [0.15, 0.2) is 72.8 Å². The fraction of sp³-hybridized carbons (Fsp3) is 0.0435. The van der Waals surface area contributed by atoms with Crippen LogP contribution < -0.4 is 10.1 Å². The Balaban J connectivity index is 1.67. The van der Waals surface area contributed by atoms with Crippen LogP contribution in [-0.2, 0) is 4.79 Å². The highest BCUT2D eigenvalue weighted by atomic mass is 16.6. The number of aryl methyl sites for hydroxylation is 1. The number of ether oxygens (including phenoxy) is 1. The molecule has 30 heavy (non-hydrogen) atoms. The van der Waals surface area contributed by atoms with Crippen LogP contribution in [0, 0.1) is 28.4 Å². The summed E-state index contributed by atoms with van der Waals surface area (Å²) < 4.78 is 5.76. The first-order valence-corrected chi connectivity index (χ1v) is 8.97. The molecular formula is C23H17N3O4. The standard InChI is InChI=1S/C23H17N3O4/c1-16-14-20(30-19-9-6-17(15-24)7-10-19)11-12-21(16)25-23(27)13-8-18-4-2-3-5-22(18)26(28)29/h2-14H,1H3,(H,25,27)/b13-8+. The number of benzene rings is 3. The van der Waals surface area contributed by atoms with Crippen LogP contribution in [0.25, 0.3) is 6.08 Å². The number of carbonyl (C=O) groups excluding carboxylic acids is 1. The van der Waals surface area contributed by atoms with E-state index < -0.39 is 10.8 Å². The number of anilines is 1. The molecule has 0 spiro atoms. The first kappa shape index (κ1) is 20.3. The van der Waals surface area contributed by atoms with E-state index >= 15 is 0 Å². The Morgan fingerprint density at radius 1 is 1.10 bits per heavy atom. The first-order chi connectivity index (χ1) is 14.5. The molecule has 0 aromatic heterocycles. The van der Waals surface area contributed by atoms with Crippen molar-refractivity contribution < 1.29 is 14.5 Å². The van der Waals surface area contributed by atoms with Crippen molar-refractivity contribution in [1.29, 1.82) is 5.26 Å². The van der Waals surface area contributed by atoms with Crippen molar-refractivity contribution in [3.63, 3.8) is 0 Å². The van der Waals surface area contributed by atoms with E-state index in [-0.39, 0.29) is 5.69 Å². The van der Waals surface area contributed by atoms with E-state index in [2.05, 4.69) is 5.32 Å². The zero-order valence-electron chi connectivity index (χ0n) is 16.0. The highest BCUT2D eigenvalue weighted by Crippen LogP contribution is 2.26. The highest BCUT2D eigenvalue weighted by molar-refractivity contribution is 6.02. The van der Waals surface area contributed by atoms with Gasteiger partial charge in [0.25, 0.3) is 5.69 Å². The van der Waals surface area contributed by atoms with Crippen LogP contribution in [0.3, 0.4) is 0 Å². The van der Waals surface area contributed by atoms with E-state index in [1.165, 1.54) is 18.2 Å². The summed E-state index contributed by atoms with van der Waals surface area (Å²) in [7, 11) is 0. The first-order valence-electron chi connectivity index (χ1n) is 8.97. The molecule has 0 atom stereocenters. The molecule has 0 heterocycles. The van der Waals surface area contributed by atoms with E-state index in [4.69, 9.17) is 10.00 Å². The molecule has 1 amide bonds. The number of nitro groups is 1. The minimum Gasteiger partial charge on any atom is -0.457 e. The number of nitro benzene ring substituents is 1. The lowest BCUT2D eigenvalue weighted by atomic mass is 10.1. The van der Waals surface area contributed by atoms with E-state index in [1.807, 2.05) is 13.0 Å². The Hall–Kier alpha value is -4.44. The third kappa shape index (κ3) is 5.09. The van der Waals surface area contributed by atoms with E-state index in [0.29, 0.717) is 28.3 Å². The molecule has 3 rings (SSSR count). The molecule has 3 aromatic rings. The molecule has 0 aliphatic rings. The molecule has 1 N–H and O–H groups in total. The fourth-order valence-electron chi connectivity index (χ4n) is 2.71. The fourth-order valence-corrected chi connectivity index (χ4v) is 2.71. The lowest BCUT2D eigenvalue weighted by molar-refractivity contribution is -0.385. The summed E-state index contributed by atoms with van der Waals surface area (Å²) in [5.41, 5.74) is 2.21. The number of nitriles is 1. The lowest BCUT2D eigenvalue weighted by Gasteiger charge is -2.10. The second-order valence-electron chi connectivity index (χ2n) is 6.35. The molecule has 7 heteroatoms. The van der Waals surface area contributed by atoms with Gasteiger partial charge in [0.05, 0.1) is 22.1 Å². The second-order valence-corrected chi connectivity index (χ2v) is 6.35. The number of nitrogens with zero attached hydrogens (tertiary/aromatic N) is 2. The van der Waals surface area contributed by atoms with Crippen LogP contribution in [0.2, 0.25) is 0 Å². The van der Waals surface area contributed by atoms with E-state index in [1.54, 1.807) is 60.7 Å². The molecule has 0 unspecified atom stereocenters. The van der Waals surface area contributed by atoms with Gasteiger partial charge in [-0.1, -0.05) is 12.1 Å². The molecule has 3 aromatic carbocycles. The van der Waals surface area contributed by atoms with Crippen molar-refractivity contribution >= 4 is 23.4 Å². The number of rotatable bonds is 6. The van der Waals surface area contributed by atoms with Crippen molar-refractivity contribution in [2.75, 3.05) is 5.32 Å². The smallest absolute Gasteiger partial charge is 0.276 e. The number of para-hydroxylation sites is 1. The van der Waals surface area contributed by atoms with Gasteiger partial charge in [0.2, 0.25) is 5.91 Å². The Bertz CT molecular complexity index is 1160. The maximum atomic E-state index is 12.2. The van der Waals surface area contributed by atoms with Gasteiger partial charge in [-0.25, -0.2) is 0 Å². The van der Waals surface area contributed by atoms with Gasteiger partial charge in [-0.3, -0.25) is 14.9 Å². The van der Waals surface area contributed by atoms with Gasteiger partial charge in [0.1, 0.15) is 11.5 Å². The molecule has 148 valence electrons. The molecule has 0 fully saturated rings. The summed E-state index contributed by atoms with van der Waals surface area (Å²) >= 11 is 0. The molecule has 7 nitrogen and oxygen atoms in total. The van der Waals surface area contributed by atoms with Crippen LogP contribution in [0.4, 0.5) is 11.4 Å². The summed E-state index contributed by atoms with van der Waals surface area (Å²) in [5, 5.41) is 22.6. The molecular weight excluding hydrogens is 382 g/mol. The van der Waals surface area contributed by atoms with Gasteiger partial charge >= 0.3 is 0 Å². The number of hydrogen-bond acceptors (Lipinski definition) is 5. The summed E-state index contributed by atoms with van der Waals surface area (Å²) in [6, 6.07) is 20.2. The Kier molecular flexibility index (Phi) is 6.20. The zero-order chi connectivity index (χ0) is 21.5. The average molecular weight is 399 g/mol. The van der Waals surface area contributed by atoms with Gasteiger partial charge in [0.15, 0.2) is 0 Å². The topological polar surface area (TPSA) is 105 Å². The van der Waals surface area contributed by atoms with Crippen LogP contribution in [-0.4, -0.2) is 10.8 Å². The maximum absolute atomic E-state index is 12.2. The number of carbonyl (C=O) groups is 1. The Morgan fingerprint density at radius 2 is 1.80 bits per heavy atom. The monoisotopic (exact) mass is 399 g/mol. The normalized spacial score (nSPS) is 10.4. The predicted octanol–water partition coefficient (Wildman–Crippen LogP) is 5.22. The van der Waals surface area contributed by atoms with Gasteiger partial charge in [-0.15, -0.1) is 0 Å². The number of amides is 1. The summed E-state index contributed by atoms with van der Waals surface area (Å²) in [4.78, 5) is 22.8. The molecule has 0 aliphatic heterocycles. The summed E-state index contributed by atoms with van der Waals surface area (Å²) in [6.07, 6.45) is 2.66. The van der Waals surface area contributed by atoms with Crippen LogP contribution >= 0.6 is 0 Å². The molecule has 0 aliphatic carbocycles. The predicted molar refractivity (Wildman–Crippen MR) is 113 cm³/mol. The van der Waals surface area contributed by atoms with Gasteiger partial charge in [-0.2, -0.15) is 5.26 Å². The van der Waals surface area contributed by atoms with Crippen molar-refractivity contribution in [3.05, 3.63) is 99.6 Å². The minimum absolute atomic E-state index is 0.0676. The largest absolute Gasteiger partial charge is 0.457 e. The molecule has 0 saturated heterocycles. The summed E-state index contributed by atoms with van der Waals surface area (Å²) in [5.74, 6) is 0.778. The SMILES string of the molecule is Cc1cc(Oc2ccc(C#N)cc2)ccc1NC(=O)/C=C/c1ccccc1[N+](=O)[O-]. The second kappa shape index (κ2) is 9.17. The number of hydrogen-bond donors (Lipinski definition) is 1. The van der Waals surface area contributed by atoms with Gasteiger partial charge < -0.3 is 10.1 Å². The lowest BCUT2D eigenvalue weighted by Crippen LogP contribution is -2.09.